The van der Waals surface area contributed by atoms with Crippen LogP contribution in [0, 0.1) is 0 Å². The van der Waals surface area contributed by atoms with Gasteiger partial charge in [-0.15, -0.1) is 0 Å². The van der Waals surface area contributed by atoms with Gasteiger partial charge in [-0.1, -0.05) is 0 Å². The summed E-state index contributed by atoms with van der Waals surface area (Å²) in [6, 6.07) is 3.73. The predicted molar refractivity (Wildman–Crippen MR) is 72.5 cm³/mol. The molecule has 0 aliphatic carbocycles. The minimum Gasteiger partial charge on any atom is -0.478 e. The van der Waals surface area contributed by atoms with Gasteiger partial charge in [-0.3, -0.25) is 10.0 Å². The Bertz CT molecular complexity index is 626. The summed E-state index contributed by atoms with van der Waals surface area (Å²) in [5.41, 5.74) is -0.195. The number of carboxylic acids is 1. The third-order valence-corrected chi connectivity index (χ3v) is 2.66. The van der Waals surface area contributed by atoms with Crippen molar-refractivity contribution in [2.75, 3.05) is 22.9 Å². The molecule has 1 aromatic rings. The molecule has 3 N–H and O–H groups in total. The molecule has 0 heterocycles. The Morgan fingerprint density at radius 3 is 2.50 bits per heavy atom. The molecule has 0 saturated carbocycles. The highest BCUT2D eigenvalue weighted by atomic mass is 32.2. The number of anilines is 2. The molecular formula is C11H14N2O6S. The van der Waals surface area contributed by atoms with Gasteiger partial charge in [-0.2, -0.15) is 0 Å². The average Bonchev–Trinajstić information content (AvgIpc) is 2.29. The number of amides is 1. The first-order chi connectivity index (χ1) is 9.23. The molecule has 0 aromatic heterocycles. The second kappa shape index (κ2) is 6.24. The van der Waals surface area contributed by atoms with E-state index in [1.807, 2.05) is 0 Å². The number of ether oxygens (including phenoxy) is 1. The Hall–Kier alpha value is -2.29. The van der Waals surface area contributed by atoms with E-state index >= 15 is 0 Å². The van der Waals surface area contributed by atoms with Crippen molar-refractivity contribution >= 4 is 33.5 Å². The summed E-state index contributed by atoms with van der Waals surface area (Å²) >= 11 is 0. The van der Waals surface area contributed by atoms with Crippen LogP contribution in [-0.4, -0.2) is 38.4 Å². The number of carbonyl (C=O) groups excluding carboxylic acids is 1. The first-order valence-electron chi connectivity index (χ1n) is 5.52. The van der Waals surface area contributed by atoms with Gasteiger partial charge < -0.3 is 9.84 Å². The number of carbonyl (C=O) groups is 2. The number of rotatable bonds is 5. The lowest BCUT2D eigenvalue weighted by molar-refractivity contribution is 0.0698. The van der Waals surface area contributed by atoms with Gasteiger partial charge in [-0.05, 0) is 25.1 Å². The highest BCUT2D eigenvalue weighted by Crippen LogP contribution is 2.21. The van der Waals surface area contributed by atoms with Gasteiger partial charge in [0.05, 0.1) is 24.1 Å². The molecule has 0 unspecified atom stereocenters. The van der Waals surface area contributed by atoms with E-state index in [1.165, 1.54) is 12.1 Å². The van der Waals surface area contributed by atoms with Crippen molar-refractivity contribution in [1.29, 1.82) is 0 Å². The monoisotopic (exact) mass is 302 g/mol. The van der Waals surface area contributed by atoms with Crippen molar-refractivity contribution in [2.45, 2.75) is 6.92 Å². The average molecular weight is 302 g/mol. The quantitative estimate of drug-likeness (QED) is 0.754. The third kappa shape index (κ3) is 4.76. The minimum absolute atomic E-state index is 0.0885. The summed E-state index contributed by atoms with van der Waals surface area (Å²) in [4.78, 5) is 22.3. The van der Waals surface area contributed by atoms with Crippen LogP contribution in [0.1, 0.15) is 17.3 Å². The van der Waals surface area contributed by atoms with Crippen LogP contribution in [0.25, 0.3) is 0 Å². The molecule has 0 saturated heterocycles. The zero-order chi connectivity index (χ0) is 15.3. The fourth-order valence-corrected chi connectivity index (χ4v) is 1.95. The standard InChI is InChI=1S/C11H14N2O6S/c1-3-19-11(16)12-7-4-5-9(13-20(2,17)18)8(6-7)10(14)15/h4-6,13H,3H2,1-2H3,(H,12,16)(H,14,15). The van der Waals surface area contributed by atoms with Gasteiger partial charge in [0.25, 0.3) is 0 Å². The Labute approximate surface area is 115 Å². The van der Waals surface area contributed by atoms with E-state index in [1.54, 1.807) is 6.92 Å². The van der Waals surface area contributed by atoms with E-state index in [0.29, 0.717) is 0 Å². The van der Waals surface area contributed by atoms with Crippen LogP contribution in [0.4, 0.5) is 16.2 Å². The van der Waals surface area contributed by atoms with E-state index in [2.05, 4.69) is 14.8 Å². The van der Waals surface area contributed by atoms with E-state index in [9.17, 15) is 18.0 Å². The molecule has 0 bridgehead atoms. The Morgan fingerprint density at radius 1 is 1.35 bits per heavy atom. The molecule has 110 valence electrons. The molecular weight excluding hydrogens is 288 g/mol. The summed E-state index contributed by atoms with van der Waals surface area (Å²) in [6.07, 6.45) is 0.177. The molecule has 1 rings (SSSR count). The predicted octanol–water partition coefficient (Wildman–Crippen LogP) is 1.32. The van der Waals surface area contributed by atoms with Crippen LogP contribution in [-0.2, 0) is 14.8 Å². The molecule has 0 fully saturated rings. The molecule has 0 atom stereocenters. The van der Waals surface area contributed by atoms with Gasteiger partial charge in [0, 0.05) is 5.69 Å². The molecule has 9 heteroatoms. The van der Waals surface area contributed by atoms with Crippen molar-refractivity contribution in [2.24, 2.45) is 0 Å². The zero-order valence-electron chi connectivity index (χ0n) is 10.8. The number of nitrogens with one attached hydrogen (secondary N) is 2. The number of sulfonamides is 1. The fraction of sp³-hybridized carbons (Fsp3) is 0.273. The Morgan fingerprint density at radius 2 is 2.00 bits per heavy atom. The molecule has 0 spiro atoms. The van der Waals surface area contributed by atoms with Crippen molar-refractivity contribution in [3.8, 4) is 0 Å². The summed E-state index contributed by atoms with van der Waals surface area (Å²) in [7, 11) is -3.60. The third-order valence-electron chi connectivity index (χ3n) is 2.07. The van der Waals surface area contributed by atoms with Crippen LogP contribution in [0.2, 0.25) is 0 Å². The number of carboxylic acid groups (broad SMARTS) is 1. The largest absolute Gasteiger partial charge is 0.478 e. The van der Waals surface area contributed by atoms with Gasteiger partial charge in [0.1, 0.15) is 0 Å². The number of hydrogen-bond donors (Lipinski definition) is 3. The topological polar surface area (TPSA) is 122 Å². The lowest BCUT2D eigenvalue weighted by Crippen LogP contribution is -2.16. The minimum atomic E-state index is -3.60. The maximum atomic E-state index is 11.2. The van der Waals surface area contributed by atoms with E-state index in [0.717, 1.165) is 12.3 Å². The van der Waals surface area contributed by atoms with E-state index in [-0.39, 0.29) is 23.5 Å². The van der Waals surface area contributed by atoms with Crippen LogP contribution in [0.3, 0.4) is 0 Å². The van der Waals surface area contributed by atoms with Crippen LogP contribution < -0.4 is 10.0 Å². The number of benzene rings is 1. The van der Waals surface area contributed by atoms with E-state index < -0.39 is 22.1 Å². The van der Waals surface area contributed by atoms with Gasteiger partial charge >= 0.3 is 12.1 Å². The Kier molecular flexibility index (Phi) is 4.92. The van der Waals surface area contributed by atoms with Crippen molar-refractivity contribution in [3.63, 3.8) is 0 Å². The summed E-state index contributed by atoms with van der Waals surface area (Å²) in [5.74, 6) is -1.33. The molecule has 1 aromatic carbocycles. The Balaban J connectivity index is 3.07. The molecule has 0 radical (unpaired) electrons. The van der Waals surface area contributed by atoms with Crippen molar-refractivity contribution in [1.82, 2.24) is 0 Å². The molecule has 0 aliphatic rings. The highest BCUT2D eigenvalue weighted by molar-refractivity contribution is 7.92. The summed E-state index contributed by atoms with van der Waals surface area (Å²) < 4.78 is 29.0. The molecule has 8 nitrogen and oxygen atoms in total. The fourth-order valence-electron chi connectivity index (χ4n) is 1.37. The van der Waals surface area contributed by atoms with Crippen LogP contribution in [0.15, 0.2) is 18.2 Å². The van der Waals surface area contributed by atoms with Crippen molar-refractivity contribution in [3.05, 3.63) is 23.8 Å². The molecule has 20 heavy (non-hydrogen) atoms. The maximum absolute atomic E-state index is 11.2. The molecule has 1 amide bonds. The summed E-state index contributed by atoms with van der Waals surface area (Å²) in [6.45, 7) is 1.80. The maximum Gasteiger partial charge on any atom is 0.411 e. The smallest absolute Gasteiger partial charge is 0.411 e. The van der Waals surface area contributed by atoms with Crippen molar-refractivity contribution < 1.29 is 27.9 Å². The van der Waals surface area contributed by atoms with Gasteiger partial charge in [0.2, 0.25) is 10.0 Å². The number of hydrogen-bond acceptors (Lipinski definition) is 5. The zero-order valence-corrected chi connectivity index (χ0v) is 11.7. The lowest BCUT2D eigenvalue weighted by atomic mass is 10.1. The normalized spacial score (nSPS) is 10.7. The van der Waals surface area contributed by atoms with Crippen LogP contribution >= 0.6 is 0 Å². The SMILES string of the molecule is CCOC(=O)Nc1ccc(NS(C)(=O)=O)c(C(=O)O)c1. The second-order valence-corrected chi connectivity index (χ2v) is 5.53. The lowest BCUT2D eigenvalue weighted by Gasteiger charge is -2.10. The summed E-state index contributed by atoms with van der Waals surface area (Å²) in [5, 5.41) is 11.4. The first-order valence-corrected chi connectivity index (χ1v) is 7.41. The highest BCUT2D eigenvalue weighted by Gasteiger charge is 2.15. The van der Waals surface area contributed by atoms with Crippen LogP contribution in [0.5, 0.6) is 0 Å². The van der Waals surface area contributed by atoms with Gasteiger partial charge in [-0.25, -0.2) is 18.0 Å². The first kappa shape index (κ1) is 15.8. The van der Waals surface area contributed by atoms with E-state index in [4.69, 9.17) is 5.11 Å². The second-order valence-electron chi connectivity index (χ2n) is 3.79. The van der Waals surface area contributed by atoms with Gasteiger partial charge in [0.15, 0.2) is 0 Å². The molecule has 0 aliphatic heterocycles. The number of aromatic carboxylic acids is 1.